The fraction of sp³-hybridized carbons (Fsp3) is 0.263. The lowest BCUT2D eigenvalue weighted by Crippen LogP contribution is -2.19. The number of benzene rings is 1. The van der Waals surface area contributed by atoms with E-state index in [0.29, 0.717) is 23.4 Å². The van der Waals surface area contributed by atoms with Gasteiger partial charge < -0.3 is 9.47 Å². The number of aromatic nitrogens is 3. The molecule has 1 amide bonds. The molecule has 7 nitrogen and oxygen atoms in total. The van der Waals surface area contributed by atoms with Gasteiger partial charge in [-0.3, -0.25) is 15.1 Å². The summed E-state index contributed by atoms with van der Waals surface area (Å²) < 4.78 is 10.9. The molecule has 0 unspecified atom stereocenters. The number of nitrogens with zero attached hydrogens (tertiary/aromatic N) is 3. The highest BCUT2D eigenvalue weighted by molar-refractivity contribution is 6.11. The molecule has 0 aliphatic carbocycles. The standard InChI is InChI=1S/C19H18N4O3/c1-19(2)16-11(10-26-19)9-21-18(22-16)23-17(24)14-6-7-20-15-8-12(25-3)4-5-13(14)15/h4-9H,10H2,1-3H3,(H,21,22,23,24). The Morgan fingerprint density at radius 3 is 2.92 bits per heavy atom. The maximum atomic E-state index is 12.8. The third kappa shape index (κ3) is 2.76. The summed E-state index contributed by atoms with van der Waals surface area (Å²) in [6, 6.07) is 7.07. The van der Waals surface area contributed by atoms with Crippen LogP contribution in [0.5, 0.6) is 5.75 Å². The molecule has 1 aromatic carbocycles. The topological polar surface area (TPSA) is 86.2 Å². The van der Waals surface area contributed by atoms with Crippen LogP contribution in [0.2, 0.25) is 0 Å². The normalized spacial score (nSPS) is 14.9. The van der Waals surface area contributed by atoms with Crippen LogP contribution in [-0.2, 0) is 16.9 Å². The van der Waals surface area contributed by atoms with Gasteiger partial charge in [0.1, 0.15) is 11.4 Å². The van der Waals surface area contributed by atoms with Crippen LogP contribution >= 0.6 is 0 Å². The molecule has 0 saturated carbocycles. The van der Waals surface area contributed by atoms with E-state index in [9.17, 15) is 4.79 Å². The first-order valence-corrected chi connectivity index (χ1v) is 8.22. The van der Waals surface area contributed by atoms with Gasteiger partial charge in [-0.05, 0) is 32.0 Å². The van der Waals surface area contributed by atoms with Crippen LogP contribution in [0.1, 0.15) is 35.5 Å². The van der Waals surface area contributed by atoms with E-state index >= 15 is 0 Å². The van der Waals surface area contributed by atoms with Crippen LogP contribution in [0.25, 0.3) is 10.9 Å². The second-order valence-corrected chi connectivity index (χ2v) is 6.56. The summed E-state index contributed by atoms with van der Waals surface area (Å²) >= 11 is 0. The molecular formula is C19H18N4O3. The molecule has 0 radical (unpaired) electrons. The predicted molar refractivity (Wildman–Crippen MR) is 96.1 cm³/mol. The largest absolute Gasteiger partial charge is 0.497 e. The minimum Gasteiger partial charge on any atom is -0.497 e. The number of pyridine rings is 1. The lowest BCUT2D eigenvalue weighted by Gasteiger charge is -2.17. The first-order valence-electron chi connectivity index (χ1n) is 8.22. The summed E-state index contributed by atoms with van der Waals surface area (Å²) in [4.78, 5) is 25.8. The van der Waals surface area contributed by atoms with Crippen molar-refractivity contribution in [3.63, 3.8) is 0 Å². The SMILES string of the molecule is COc1ccc2c(C(=O)Nc3ncc4c(n3)C(C)(C)OC4)ccnc2c1. The lowest BCUT2D eigenvalue weighted by molar-refractivity contribution is -0.0100. The zero-order chi connectivity index (χ0) is 18.3. The van der Waals surface area contributed by atoms with Crippen molar-refractivity contribution in [3.8, 4) is 5.75 Å². The Bertz CT molecular complexity index is 1020. The van der Waals surface area contributed by atoms with Crippen molar-refractivity contribution in [1.29, 1.82) is 0 Å². The smallest absolute Gasteiger partial charge is 0.258 e. The number of ether oxygens (including phenoxy) is 2. The van der Waals surface area contributed by atoms with Crippen LogP contribution in [0.15, 0.2) is 36.7 Å². The summed E-state index contributed by atoms with van der Waals surface area (Å²) in [7, 11) is 1.59. The Morgan fingerprint density at radius 2 is 2.12 bits per heavy atom. The maximum Gasteiger partial charge on any atom is 0.258 e. The van der Waals surface area contributed by atoms with Gasteiger partial charge >= 0.3 is 0 Å². The van der Waals surface area contributed by atoms with Crippen molar-refractivity contribution in [2.24, 2.45) is 0 Å². The van der Waals surface area contributed by atoms with E-state index in [0.717, 1.165) is 16.6 Å². The molecule has 7 heteroatoms. The monoisotopic (exact) mass is 350 g/mol. The Hall–Kier alpha value is -3.06. The van der Waals surface area contributed by atoms with Crippen LogP contribution in [0.4, 0.5) is 5.95 Å². The van der Waals surface area contributed by atoms with Crippen LogP contribution in [0.3, 0.4) is 0 Å². The molecule has 4 rings (SSSR count). The van der Waals surface area contributed by atoms with Gasteiger partial charge in [0.15, 0.2) is 0 Å². The summed E-state index contributed by atoms with van der Waals surface area (Å²) in [6.45, 7) is 4.37. The minimum atomic E-state index is -0.488. The average molecular weight is 350 g/mol. The van der Waals surface area contributed by atoms with Gasteiger partial charge in [-0.2, -0.15) is 0 Å². The number of amides is 1. The molecule has 1 N–H and O–H groups in total. The van der Waals surface area contributed by atoms with E-state index in [2.05, 4.69) is 20.3 Å². The van der Waals surface area contributed by atoms with E-state index in [1.165, 1.54) is 0 Å². The second kappa shape index (κ2) is 6.03. The summed E-state index contributed by atoms with van der Waals surface area (Å²) in [5.41, 5.74) is 2.43. The first-order chi connectivity index (χ1) is 12.5. The highest BCUT2D eigenvalue weighted by Gasteiger charge is 2.33. The third-order valence-electron chi connectivity index (χ3n) is 4.44. The van der Waals surface area contributed by atoms with Gasteiger partial charge in [-0.1, -0.05) is 0 Å². The number of hydrogen-bond acceptors (Lipinski definition) is 6. The van der Waals surface area contributed by atoms with E-state index < -0.39 is 5.60 Å². The zero-order valence-corrected chi connectivity index (χ0v) is 14.7. The molecule has 0 fully saturated rings. The second-order valence-electron chi connectivity index (χ2n) is 6.56. The number of hydrogen-bond donors (Lipinski definition) is 1. The molecule has 0 spiro atoms. The number of anilines is 1. The molecule has 0 atom stereocenters. The van der Waals surface area contributed by atoms with Gasteiger partial charge in [0.2, 0.25) is 5.95 Å². The van der Waals surface area contributed by atoms with Gasteiger partial charge in [0, 0.05) is 29.4 Å². The first kappa shape index (κ1) is 16.4. The molecule has 26 heavy (non-hydrogen) atoms. The maximum absolute atomic E-state index is 12.8. The lowest BCUT2D eigenvalue weighted by atomic mass is 10.0. The van der Waals surface area contributed by atoms with Gasteiger partial charge in [-0.25, -0.2) is 9.97 Å². The van der Waals surface area contributed by atoms with Crippen LogP contribution in [-0.4, -0.2) is 28.0 Å². The minimum absolute atomic E-state index is 0.255. The molecular weight excluding hydrogens is 332 g/mol. The number of carbonyl (C=O) groups excluding carboxylic acids is 1. The predicted octanol–water partition coefficient (Wildman–Crippen LogP) is 3.05. The molecule has 1 aliphatic rings. The molecule has 2 aromatic heterocycles. The molecule has 3 heterocycles. The Labute approximate surface area is 150 Å². The van der Waals surface area contributed by atoms with Crippen molar-refractivity contribution >= 4 is 22.8 Å². The molecule has 132 valence electrons. The Balaban J connectivity index is 1.66. The third-order valence-corrected chi connectivity index (χ3v) is 4.44. The van der Waals surface area contributed by atoms with E-state index in [-0.39, 0.29) is 11.9 Å². The van der Waals surface area contributed by atoms with E-state index in [1.807, 2.05) is 19.9 Å². The summed E-state index contributed by atoms with van der Waals surface area (Å²) in [5.74, 6) is 0.650. The Kier molecular flexibility index (Phi) is 3.81. The number of methoxy groups -OCH3 is 1. The number of rotatable bonds is 3. The highest BCUT2D eigenvalue weighted by atomic mass is 16.5. The fourth-order valence-corrected chi connectivity index (χ4v) is 3.04. The van der Waals surface area contributed by atoms with Crippen molar-refractivity contribution in [2.75, 3.05) is 12.4 Å². The van der Waals surface area contributed by atoms with Crippen molar-refractivity contribution < 1.29 is 14.3 Å². The Morgan fingerprint density at radius 1 is 1.27 bits per heavy atom. The van der Waals surface area contributed by atoms with Gasteiger partial charge in [0.05, 0.1) is 30.5 Å². The molecule has 3 aromatic rings. The quantitative estimate of drug-likeness (QED) is 0.781. The number of fused-ring (bicyclic) bond motifs is 2. The van der Waals surface area contributed by atoms with Crippen molar-refractivity contribution in [3.05, 3.63) is 53.5 Å². The molecule has 0 bridgehead atoms. The van der Waals surface area contributed by atoms with E-state index in [4.69, 9.17) is 9.47 Å². The van der Waals surface area contributed by atoms with Gasteiger partial charge in [-0.15, -0.1) is 0 Å². The summed E-state index contributed by atoms with van der Waals surface area (Å²) in [5, 5.41) is 3.50. The average Bonchev–Trinajstić information content (AvgIpc) is 2.95. The summed E-state index contributed by atoms with van der Waals surface area (Å²) in [6.07, 6.45) is 3.29. The van der Waals surface area contributed by atoms with Crippen molar-refractivity contribution in [2.45, 2.75) is 26.1 Å². The van der Waals surface area contributed by atoms with Crippen LogP contribution in [0, 0.1) is 0 Å². The highest BCUT2D eigenvalue weighted by Crippen LogP contribution is 2.34. The number of nitrogens with one attached hydrogen (secondary N) is 1. The van der Waals surface area contributed by atoms with Crippen molar-refractivity contribution in [1.82, 2.24) is 15.0 Å². The molecule has 0 saturated heterocycles. The zero-order valence-electron chi connectivity index (χ0n) is 14.7. The number of carbonyl (C=O) groups is 1. The van der Waals surface area contributed by atoms with Gasteiger partial charge in [0.25, 0.3) is 5.91 Å². The molecule has 1 aliphatic heterocycles. The van der Waals surface area contributed by atoms with E-state index in [1.54, 1.807) is 37.7 Å². The fourth-order valence-electron chi connectivity index (χ4n) is 3.04. The van der Waals surface area contributed by atoms with Crippen LogP contribution < -0.4 is 10.1 Å².